The molecule has 0 saturated carbocycles. The third kappa shape index (κ3) is 4.44. The van der Waals surface area contributed by atoms with E-state index in [4.69, 9.17) is 11.6 Å². The van der Waals surface area contributed by atoms with Gasteiger partial charge in [0.1, 0.15) is 0 Å². The number of halogens is 1. The normalized spacial score (nSPS) is 22.8. The third-order valence-corrected chi connectivity index (χ3v) is 5.29. The van der Waals surface area contributed by atoms with E-state index in [0.29, 0.717) is 19.4 Å². The number of carbonyl (C=O) groups is 1. The molecule has 0 bridgehead atoms. The highest BCUT2D eigenvalue weighted by molar-refractivity contribution is 6.30. The fourth-order valence-corrected chi connectivity index (χ4v) is 3.70. The van der Waals surface area contributed by atoms with Crippen LogP contribution in [0.1, 0.15) is 30.4 Å². The van der Waals surface area contributed by atoms with Crippen LogP contribution in [0, 0.1) is 0 Å². The number of aliphatic hydroxyl groups is 1. The van der Waals surface area contributed by atoms with Crippen LogP contribution in [0.5, 0.6) is 0 Å². The molecule has 1 saturated heterocycles. The lowest BCUT2D eigenvalue weighted by Crippen LogP contribution is -2.61. The summed E-state index contributed by atoms with van der Waals surface area (Å²) in [5.41, 5.74) is 1.41. The Morgan fingerprint density at radius 3 is 2.62 bits per heavy atom. The molecule has 1 aliphatic heterocycles. The second kappa shape index (κ2) is 8.67. The number of β-amino-alcohol motifs (C(OH)–C–C–N with tert-alkyl or cyclic N) is 1. The number of benzene rings is 2. The smallest absolute Gasteiger partial charge is 0.220 e. The number of aliphatic hydroxyl groups excluding tert-OH is 1. The van der Waals surface area contributed by atoms with Crippen molar-refractivity contribution in [2.24, 2.45) is 0 Å². The molecular weight excluding hydrogens is 348 g/mol. The Hall–Kier alpha value is -1.88. The van der Waals surface area contributed by atoms with Gasteiger partial charge in [0.25, 0.3) is 0 Å². The van der Waals surface area contributed by atoms with Crippen LogP contribution in [-0.4, -0.2) is 30.2 Å². The molecule has 0 aliphatic carbocycles. The molecule has 2 aromatic rings. The van der Waals surface area contributed by atoms with Gasteiger partial charge in [0.05, 0.1) is 11.6 Å². The fourth-order valence-electron chi connectivity index (χ4n) is 3.57. The first-order valence-electron chi connectivity index (χ1n) is 9.10. The number of piperidine rings is 1. The number of hydrogen-bond donors (Lipinski definition) is 3. The van der Waals surface area contributed by atoms with E-state index in [1.807, 2.05) is 54.6 Å². The zero-order chi connectivity index (χ0) is 18.4. The molecule has 138 valence electrons. The first-order valence-corrected chi connectivity index (χ1v) is 9.48. The van der Waals surface area contributed by atoms with Crippen LogP contribution in [-0.2, 0) is 16.8 Å². The highest BCUT2D eigenvalue weighted by Crippen LogP contribution is 2.31. The van der Waals surface area contributed by atoms with Crippen molar-refractivity contribution in [3.8, 4) is 0 Å². The second-order valence-electron chi connectivity index (χ2n) is 6.84. The van der Waals surface area contributed by atoms with Gasteiger partial charge in [-0.25, -0.2) is 0 Å². The van der Waals surface area contributed by atoms with Crippen LogP contribution < -0.4 is 10.6 Å². The number of hydrogen-bond acceptors (Lipinski definition) is 3. The van der Waals surface area contributed by atoms with Gasteiger partial charge in [-0.1, -0.05) is 54.1 Å². The number of aryl methyl sites for hydroxylation is 1. The Kier molecular flexibility index (Phi) is 6.30. The minimum atomic E-state index is -0.718. The summed E-state index contributed by atoms with van der Waals surface area (Å²) in [4.78, 5) is 12.6. The van der Waals surface area contributed by atoms with Crippen LogP contribution in [0.2, 0.25) is 5.02 Å². The van der Waals surface area contributed by atoms with Gasteiger partial charge in [-0.3, -0.25) is 4.79 Å². The van der Waals surface area contributed by atoms with Crippen molar-refractivity contribution >= 4 is 17.5 Å². The van der Waals surface area contributed by atoms with E-state index in [0.717, 1.165) is 30.0 Å². The maximum Gasteiger partial charge on any atom is 0.220 e. The molecule has 0 aromatic heterocycles. The van der Waals surface area contributed by atoms with Gasteiger partial charge in [0.15, 0.2) is 0 Å². The molecule has 0 unspecified atom stereocenters. The Morgan fingerprint density at radius 2 is 1.92 bits per heavy atom. The maximum atomic E-state index is 12.6. The molecule has 0 spiro atoms. The summed E-state index contributed by atoms with van der Waals surface area (Å²) in [6.07, 6.45) is 2.02. The molecule has 1 heterocycles. The van der Waals surface area contributed by atoms with Gasteiger partial charge in [0.2, 0.25) is 5.91 Å². The summed E-state index contributed by atoms with van der Waals surface area (Å²) >= 11 is 5.90. The second-order valence-corrected chi connectivity index (χ2v) is 7.27. The summed E-state index contributed by atoms with van der Waals surface area (Å²) in [6.45, 7) is 1.23. The van der Waals surface area contributed by atoms with Crippen LogP contribution in [0.15, 0.2) is 54.6 Å². The molecule has 3 N–H and O–H groups in total. The van der Waals surface area contributed by atoms with Crippen molar-refractivity contribution in [2.45, 2.75) is 37.3 Å². The number of amides is 1. The van der Waals surface area contributed by atoms with Gasteiger partial charge in [0, 0.05) is 18.0 Å². The number of carbonyl (C=O) groups excluding carboxylic acids is 1. The Balaban J connectivity index is 1.63. The lowest BCUT2D eigenvalue weighted by Gasteiger charge is -2.43. The molecular formula is C21H25ClN2O2. The van der Waals surface area contributed by atoms with Crippen LogP contribution in [0.4, 0.5) is 0 Å². The fraction of sp³-hybridized carbons (Fsp3) is 0.381. The Morgan fingerprint density at radius 1 is 1.19 bits per heavy atom. The summed E-state index contributed by atoms with van der Waals surface area (Å²) in [5.74, 6) is -0.0243. The average Bonchev–Trinajstić information content (AvgIpc) is 2.66. The summed E-state index contributed by atoms with van der Waals surface area (Å²) in [5, 5.41) is 17.7. The van der Waals surface area contributed by atoms with E-state index in [-0.39, 0.29) is 5.91 Å². The lowest BCUT2D eigenvalue weighted by atomic mass is 9.79. The van der Waals surface area contributed by atoms with E-state index in [1.165, 1.54) is 5.56 Å². The minimum Gasteiger partial charge on any atom is -0.389 e. The molecule has 1 amide bonds. The maximum absolute atomic E-state index is 12.6. The Bertz CT molecular complexity index is 721. The molecule has 26 heavy (non-hydrogen) atoms. The van der Waals surface area contributed by atoms with Crippen LogP contribution >= 0.6 is 11.6 Å². The average molecular weight is 373 g/mol. The number of nitrogens with one attached hydrogen (secondary N) is 2. The minimum absolute atomic E-state index is 0.0243. The molecule has 0 radical (unpaired) electrons. The van der Waals surface area contributed by atoms with E-state index >= 15 is 0 Å². The van der Waals surface area contributed by atoms with E-state index in [1.54, 1.807) is 0 Å². The van der Waals surface area contributed by atoms with Gasteiger partial charge in [-0.05, 0) is 49.1 Å². The SMILES string of the molecule is O=C(CCCc1ccc(Cl)cc1)N[C@]1(c2ccccc2)CCNC[C@H]1O. The molecule has 1 aliphatic rings. The predicted molar refractivity (Wildman–Crippen MR) is 104 cm³/mol. The largest absolute Gasteiger partial charge is 0.389 e. The molecule has 2 aromatic carbocycles. The Labute approximate surface area is 159 Å². The number of rotatable bonds is 6. The van der Waals surface area contributed by atoms with Crippen LogP contribution in [0.3, 0.4) is 0 Å². The van der Waals surface area contributed by atoms with Gasteiger partial charge in [-0.15, -0.1) is 0 Å². The topological polar surface area (TPSA) is 61.4 Å². The van der Waals surface area contributed by atoms with Crippen LogP contribution in [0.25, 0.3) is 0 Å². The first kappa shape index (κ1) is 18.9. The molecule has 5 heteroatoms. The summed E-state index contributed by atoms with van der Waals surface area (Å²) in [6, 6.07) is 17.5. The van der Waals surface area contributed by atoms with Gasteiger partial charge in [-0.2, -0.15) is 0 Å². The quantitative estimate of drug-likeness (QED) is 0.730. The standard InChI is InChI=1S/C21H25ClN2O2/c22-18-11-9-16(10-12-18)5-4-8-20(26)24-21(13-14-23-15-19(21)25)17-6-2-1-3-7-17/h1-3,6-7,9-12,19,23,25H,4-5,8,13-15H2,(H,24,26)/t19-,21+/m1/s1. The van der Waals surface area contributed by atoms with Crippen molar-refractivity contribution in [1.29, 1.82) is 0 Å². The van der Waals surface area contributed by atoms with E-state index < -0.39 is 11.6 Å². The summed E-state index contributed by atoms with van der Waals surface area (Å²) < 4.78 is 0. The highest BCUT2D eigenvalue weighted by atomic mass is 35.5. The zero-order valence-electron chi connectivity index (χ0n) is 14.7. The van der Waals surface area contributed by atoms with Crippen molar-refractivity contribution in [2.75, 3.05) is 13.1 Å². The first-order chi connectivity index (χ1) is 12.6. The van der Waals surface area contributed by atoms with Gasteiger partial charge < -0.3 is 15.7 Å². The van der Waals surface area contributed by atoms with Crippen molar-refractivity contribution in [1.82, 2.24) is 10.6 Å². The molecule has 1 fully saturated rings. The molecule has 4 nitrogen and oxygen atoms in total. The molecule has 2 atom stereocenters. The molecule has 3 rings (SSSR count). The van der Waals surface area contributed by atoms with Crippen molar-refractivity contribution < 1.29 is 9.90 Å². The summed E-state index contributed by atoms with van der Waals surface area (Å²) in [7, 11) is 0. The van der Waals surface area contributed by atoms with Gasteiger partial charge >= 0.3 is 0 Å². The lowest BCUT2D eigenvalue weighted by molar-refractivity contribution is -0.125. The van der Waals surface area contributed by atoms with Crippen molar-refractivity contribution in [3.05, 3.63) is 70.7 Å². The third-order valence-electron chi connectivity index (χ3n) is 5.04. The van der Waals surface area contributed by atoms with E-state index in [9.17, 15) is 9.90 Å². The predicted octanol–water partition coefficient (Wildman–Crippen LogP) is 3.03. The monoisotopic (exact) mass is 372 g/mol. The highest BCUT2D eigenvalue weighted by Gasteiger charge is 2.42. The zero-order valence-corrected chi connectivity index (χ0v) is 15.5. The van der Waals surface area contributed by atoms with Crippen molar-refractivity contribution in [3.63, 3.8) is 0 Å². The van der Waals surface area contributed by atoms with E-state index in [2.05, 4.69) is 10.6 Å².